The number of ether oxygens (including phenoxy) is 1. The normalized spacial score (nSPS) is 44.6. The summed E-state index contributed by atoms with van der Waals surface area (Å²) in [6.07, 6.45) is -1.41. The van der Waals surface area contributed by atoms with Crippen LogP contribution >= 0.6 is 0 Å². The van der Waals surface area contributed by atoms with Crippen LogP contribution in [0.3, 0.4) is 0 Å². The van der Waals surface area contributed by atoms with Gasteiger partial charge in [0.2, 0.25) is 0 Å². The lowest BCUT2D eigenvalue weighted by molar-refractivity contribution is 0.0159. The van der Waals surface area contributed by atoms with Gasteiger partial charge in [-0.3, -0.25) is 0 Å². The van der Waals surface area contributed by atoms with Gasteiger partial charge in [-0.1, -0.05) is 0 Å². The quantitative estimate of drug-likeness (QED) is 0.400. The fraction of sp³-hybridized carbons (Fsp3) is 1.00. The number of aliphatic hydroxyl groups excluding tert-OH is 3. The van der Waals surface area contributed by atoms with Gasteiger partial charge in [-0.25, -0.2) is 0 Å². The molecule has 1 saturated heterocycles. The van der Waals surface area contributed by atoms with Crippen LogP contribution in [0.4, 0.5) is 0 Å². The van der Waals surface area contributed by atoms with Crippen molar-refractivity contribution in [1.29, 1.82) is 0 Å². The summed E-state index contributed by atoms with van der Waals surface area (Å²) < 4.78 is 4.94. The van der Waals surface area contributed by atoms with Gasteiger partial charge in [-0.2, -0.15) is 0 Å². The minimum atomic E-state index is -0.878. The van der Waals surface area contributed by atoms with Gasteiger partial charge in [-0.15, -0.1) is 0 Å². The minimum Gasteiger partial charge on any atom is -0.396 e. The third-order valence-corrected chi connectivity index (χ3v) is 1.98. The maximum Gasteiger partial charge on any atom is 0.112 e. The Balaban J connectivity index is 2.57. The summed E-state index contributed by atoms with van der Waals surface area (Å²) >= 11 is 0. The molecule has 0 spiro atoms. The van der Waals surface area contributed by atoms with Crippen molar-refractivity contribution in [3.63, 3.8) is 0 Å². The summed E-state index contributed by atoms with van der Waals surface area (Å²) in [4.78, 5) is 0. The zero-order chi connectivity index (χ0) is 8.43. The topological polar surface area (TPSA) is 69.9 Å². The molecule has 1 heterocycles. The van der Waals surface area contributed by atoms with Crippen molar-refractivity contribution in [3.05, 3.63) is 0 Å². The van der Waals surface area contributed by atoms with Crippen LogP contribution in [0, 0.1) is 5.92 Å². The van der Waals surface area contributed by atoms with Crippen LogP contribution in [-0.2, 0) is 4.74 Å². The molecule has 3 N–H and O–H groups in total. The Hall–Kier alpha value is -0.0951. The van der Waals surface area contributed by atoms with Gasteiger partial charge in [0.05, 0.1) is 25.4 Å². The smallest absolute Gasteiger partial charge is 0.112 e. The molecule has 1 fully saturated rings. The average molecular weight is 158 g/mol. The summed E-state index contributed by atoms with van der Waals surface area (Å²) in [6.45, 7) is -0.448. The van der Waals surface area contributed by atoms with Crippen LogP contribution in [0.2, 0.25) is 0 Å². The van der Waals surface area contributed by atoms with Crippen LogP contribution in [0.1, 0.15) is 0 Å². The second-order valence-corrected chi connectivity index (χ2v) is 2.66. The third-order valence-electron chi connectivity index (χ3n) is 1.98. The summed E-state index contributed by atoms with van der Waals surface area (Å²) in [6, 6.07) is -0.788. The van der Waals surface area contributed by atoms with E-state index >= 15 is 0 Å². The van der Waals surface area contributed by atoms with Crippen molar-refractivity contribution in [3.8, 4) is 0 Å². The zero-order valence-corrected chi connectivity index (χ0v) is 6.05. The van der Waals surface area contributed by atoms with Crippen molar-refractivity contribution in [2.75, 3.05) is 13.2 Å². The molecule has 5 heteroatoms. The van der Waals surface area contributed by atoms with Crippen LogP contribution in [0.5, 0.6) is 0 Å². The molecule has 0 aliphatic carbocycles. The molecule has 4 atom stereocenters. The van der Waals surface area contributed by atoms with E-state index in [9.17, 15) is 5.11 Å². The van der Waals surface area contributed by atoms with Gasteiger partial charge in [0.1, 0.15) is 7.85 Å². The van der Waals surface area contributed by atoms with E-state index in [4.69, 9.17) is 22.8 Å². The number of hydrogen-bond donors (Lipinski definition) is 3. The first-order valence-electron chi connectivity index (χ1n) is 3.51. The van der Waals surface area contributed by atoms with Gasteiger partial charge >= 0.3 is 0 Å². The zero-order valence-electron chi connectivity index (χ0n) is 6.05. The van der Waals surface area contributed by atoms with E-state index in [-0.39, 0.29) is 13.2 Å². The monoisotopic (exact) mass is 158 g/mol. The molecular weight excluding hydrogens is 147 g/mol. The fourth-order valence-corrected chi connectivity index (χ4v) is 1.25. The molecule has 1 aliphatic heterocycles. The third kappa shape index (κ3) is 1.56. The van der Waals surface area contributed by atoms with Crippen LogP contribution in [-0.4, -0.2) is 54.6 Å². The molecule has 0 saturated carbocycles. The Bertz CT molecular complexity index is 132. The highest BCUT2D eigenvalue weighted by Gasteiger charge is 2.39. The fourth-order valence-electron chi connectivity index (χ4n) is 1.25. The van der Waals surface area contributed by atoms with Gasteiger partial charge in [0, 0.05) is 11.9 Å². The molecule has 0 amide bonds. The number of rotatable bonds is 2. The van der Waals surface area contributed by atoms with Gasteiger partial charge in [0.15, 0.2) is 0 Å². The Morgan fingerprint density at radius 1 is 1.27 bits per heavy atom. The second-order valence-electron chi connectivity index (χ2n) is 2.66. The van der Waals surface area contributed by atoms with Crippen molar-refractivity contribution < 1.29 is 20.1 Å². The number of aliphatic hydroxyl groups is 3. The highest BCUT2D eigenvalue weighted by atomic mass is 16.5. The molecule has 11 heavy (non-hydrogen) atoms. The average Bonchev–Trinajstić information content (AvgIpc) is 2.28. The van der Waals surface area contributed by atoms with Gasteiger partial charge < -0.3 is 20.1 Å². The molecule has 0 bridgehead atoms. The molecule has 4 nitrogen and oxygen atoms in total. The summed E-state index contributed by atoms with van der Waals surface area (Å²) in [5, 5.41) is 26.7. The van der Waals surface area contributed by atoms with Crippen molar-refractivity contribution in [1.82, 2.24) is 0 Å². The van der Waals surface area contributed by atoms with E-state index in [1.807, 2.05) is 0 Å². The molecule has 0 unspecified atom stereocenters. The predicted molar refractivity (Wildman–Crippen MR) is 38.1 cm³/mol. The van der Waals surface area contributed by atoms with Crippen LogP contribution in [0.25, 0.3) is 0 Å². The van der Waals surface area contributed by atoms with E-state index in [1.54, 1.807) is 0 Å². The Labute approximate surface area is 66.2 Å². The van der Waals surface area contributed by atoms with E-state index in [0.29, 0.717) is 0 Å². The minimum absolute atomic E-state index is 0.222. The Kier molecular flexibility index (Phi) is 2.89. The lowest BCUT2D eigenvalue weighted by atomic mass is 9.88. The largest absolute Gasteiger partial charge is 0.396 e. The lowest BCUT2D eigenvalue weighted by Crippen LogP contribution is -2.31. The van der Waals surface area contributed by atoms with E-state index in [1.165, 1.54) is 0 Å². The molecular formula is C6H11BO4. The molecule has 1 rings (SSSR count). The number of hydrogen-bond acceptors (Lipinski definition) is 4. The molecule has 0 aromatic heterocycles. The molecule has 0 aromatic carbocycles. The highest BCUT2D eigenvalue weighted by molar-refractivity contribution is 6.11. The SMILES string of the molecule is [B][C@@H]1O[C@H](CO)[C@@H](CO)[C@H]1O. The first-order chi connectivity index (χ1) is 5.20. The molecule has 1 aliphatic rings. The molecule has 62 valence electrons. The first-order valence-corrected chi connectivity index (χ1v) is 3.51. The van der Waals surface area contributed by atoms with Gasteiger partial charge in [0.25, 0.3) is 0 Å². The standard InChI is InChI=1S/C6H11BO4/c7-6-5(10)3(1-8)4(2-9)11-6/h3-6,8-10H,1-2H2/t3-,4-,5-,6-/m1/s1. The van der Waals surface area contributed by atoms with Crippen molar-refractivity contribution in [2.45, 2.75) is 18.2 Å². The van der Waals surface area contributed by atoms with Crippen LogP contribution < -0.4 is 0 Å². The first kappa shape index (κ1) is 9.00. The Morgan fingerprint density at radius 3 is 2.27 bits per heavy atom. The predicted octanol–water partition coefficient (Wildman–Crippen LogP) is -2.16. The van der Waals surface area contributed by atoms with Gasteiger partial charge in [-0.05, 0) is 0 Å². The second kappa shape index (κ2) is 3.54. The summed E-state index contributed by atoms with van der Waals surface area (Å²) in [7, 11) is 5.32. The highest BCUT2D eigenvalue weighted by Crippen LogP contribution is 2.24. The summed E-state index contributed by atoms with van der Waals surface area (Å²) in [5.41, 5.74) is 0. The van der Waals surface area contributed by atoms with E-state index in [0.717, 1.165) is 0 Å². The van der Waals surface area contributed by atoms with Crippen molar-refractivity contribution in [2.24, 2.45) is 5.92 Å². The molecule has 0 aromatic rings. The van der Waals surface area contributed by atoms with Crippen molar-refractivity contribution >= 4 is 7.85 Å². The van der Waals surface area contributed by atoms with E-state index in [2.05, 4.69) is 0 Å². The maximum atomic E-state index is 9.24. The maximum absolute atomic E-state index is 9.24. The Morgan fingerprint density at radius 2 is 1.91 bits per heavy atom. The molecule has 2 radical (unpaired) electrons. The lowest BCUT2D eigenvalue weighted by Gasteiger charge is -2.14. The summed E-state index contributed by atoms with van der Waals surface area (Å²) in [5.74, 6) is -0.463. The van der Waals surface area contributed by atoms with E-state index < -0.39 is 24.1 Å². The van der Waals surface area contributed by atoms with Crippen LogP contribution in [0.15, 0.2) is 0 Å².